The van der Waals surface area contributed by atoms with Gasteiger partial charge >= 0.3 is 0 Å². The molecular weight excluding hydrogens is 340 g/mol. The van der Waals surface area contributed by atoms with Crippen molar-refractivity contribution in [3.63, 3.8) is 0 Å². The second kappa shape index (κ2) is 6.62. The molecule has 6 nitrogen and oxygen atoms in total. The Morgan fingerprint density at radius 1 is 0.960 bits per heavy atom. The van der Waals surface area contributed by atoms with E-state index < -0.39 is 21.0 Å². The van der Waals surface area contributed by atoms with Gasteiger partial charge in [0, 0.05) is 18.2 Å². The first-order valence-corrected chi connectivity index (χ1v) is 9.11. The van der Waals surface area contributed by atoms with Crippen LogP contribution >= 0.6 is 0 Å². The third-order valence-electron chi connectivity index (χ3n) is 3.98. The van der Waals surface area contributed by atoms with E-state index in [0.717, 1.165) is 16.3 Å². The van der Waals surface area contributed by atoms with Crippen molar-refractivity contribution in [3.8, 4) is 0 Å². The van der Waals surface area contributed by atoms with Gasteiger partial charge in [0.25, 0.3) is 5.69 Å². The number of hydrogen-bond donors (Lipinski definition) is 1. The van der Waals surface area contributed by atoms with Crippen LogP contribution in [-0.4, -0.2) is 13.3 Å². The van der Waals surface area contributed by atoms with Crippen molar-refractivity contribution < 1.29 is 13.3 Å². The molecule has 0 aliphatic carbocycles. The molecule has 3 aromatic rings. The number of nitrogens with one attached hydrogen (secondary N) is 1. The van der Waals surface area contributed by atoms with Crippen LogP contribution in [-0.2, 0) is 10.0 Å². The van der Waals surface area contributed by atoms with Gasteiger partial charge in [-0.2, -0.15) is 0 Å². The summed E-state index contributed by atoms with van der Waals surface area (Å²) in [5.41, 5.74) is 0.713. The van der Waals surface area contributed by atoms with E-state index in [1.165, 1.54) is 24.3 Å². The highest BCUT2D eigenvalue weighted by atomic mass is 32.2. The SMILES string of the molecule is C[C@H](NS(=O)(=O)c1ccc([N+](=O)[O-])cc1)c1cccc2ccccc12. The highest BCUT2D eigenvalue weighted by molar-refractivity contribution is 7.89. The fourth-order valence-corrected chi connectivity index (χ4v) is 3.96. The van der Waals surface area contributed by atoms with Crippen molar-refractivity contribution in [2.24, 2.45) is 0 Å². The standard InChI is InChI=1S/C18H16N2O4S/c1-13(17-8-4-6-14-5-2-3-7-18(14)17)19-25(23,24)16-11-9-15(10-12-16)20(21)22/h2-13,19H,1H3/t13-/m0/s1. The summed E-state index contributed by atoms with van der Waals surface area (Å²) < 4.78 is 27.7. The number of sulfonamides is 1. The first-order chi connectivity index (χ1) is 11.9. The van der Waals surface area contributed by atoms with Crippen molar-refractivity contribution in [1.29, 1.82) is 0 Å². The van der Waals surface area contributed by atoms with Gasteiger partial charge in [0.15, 0.2) is 0 Å². The zero-order valence-electron chi connectivity index (χ0n) is 13.4. The third-order valence-corrected chi connectivity index (χ3v) is 5.54. The summed E-state index contributed by atoms with van der Waals surface area (Å²) in [6.07, 6.45) is 0. The van der Waals surface area contributed by atoms with Crippen molar-refractivity contribution in [3.05, 3.63) is 82.4 Å². The molecule has 0 spiro atoms. The van der Waals surface area contributed by atoms with Crippen LogP contribution in [0.5, 0.6) is 0 Å². The maximum Gasteiger partial charge on any atom is 0.269 e. The van der Waals surface area contributed by atoms with Gasteiger partial charge in [0.1, 0.15) is 0 Å². The second-order valence-corrected chi connectivity index (χ2v) is 7.38. The fourth-order valence-electron chi connectivity index (χ4n) is 2.74. The monoisotopic (exact) mass is 356 g/mol. The number of nitrogens with zero attached hydrogens (tertiary/aromatic N) is 1. The Morgan fingerprint density at radius 3 is 2.28 bits per heavy atom. The Kier molecular flexibility index (Phi) is 4.52. The molecule has 1 N–H and O–H groups in total. The Morgan fingerprint density at radius 2 is 1.60 bits per heavy atom. The van der Waals surface area contributed by atoms with Crippen LogP contribution in [0.3, 0.4) is 0 Å². The number of fused-ring (bicyclic) bond motifs is 1. The summed E-state index contributed by atoms with van der Waals surface area (Å²) in [4.78, 5) is 10.1. The first-order valence-electron chi connectivity index (χ1n) is 7.63. The van der Waals surface area contributed by atoms with Crippen LogP contribution in [0.2, 0.25) is 0 Å². The summed E-state index contributed by atoms with van der Waals surface area (Å²) in [7, 11) is -3.79. The van der Waals surface area contributed by atoms with Gasteiger partial charge in [-0.25, -0.2) is 13.1 Å². The number of nitro benzene ring substituents is 1. The Labute approximate surface area is 145 Å². The van der Waals surface area contributed by atoms with E-state index in [4.69, 9.17) is 0 Å². The molecular formula is C18H16N2O4S. The predicted octanol–water partition coefficient (Wildman–Crippen LogP) is 3.79. The van der Waals surface area contributed by atoms with E-state index >= 15 is 0 Å². The maximum absolute atomic E-state index is 12.6. The lowest BCUT2D eigenvalue weighted by atomic mass is 10.0. The quantitative estimate of drug-likeness (QED) is 0.556. The molecule has 0 aliphatic heterocycles. The third kappa shape index (κ3) is 3.52. The summed E-state index contributed by atoms with van der Waals surface area (Å²) in [6, 6.07) is 17.8. The molecule has 0 saturated heterocycles. The van der Waals surface area contributed by atoms with Gasteiger partial charge in [-0.3, -0.25) is 10.1 Å². The van der Waals surface area contributed by atoms with E-state index in [1.807, 2.05) is 42.5 Å². The molecule has 25 heavy (non-hydrogen) atoms. The van der Waals surface area contributed by atoms with E-state index in [9.17, 15) is 18.5 Å². The largest absolute Gasteiger partial charge is 0.269 e. The molecule has 0 fully saturated rings. The van der Waals surface area contributed by atoms with Gasteiger partial charge in [0.2, 0.25) is 10.0 Å². The van der Waals surface area contributed by atoms with Crippen molar-refractivity contribution in [2.75, 3.05) is 0 Å². The number of hydrogen-bond acceptors (Lipinski definition) is 4. The van der Waals surface area contributed by atoms with E-state index in [-0.39, 0.29) is 10.6 Å². The number of rotatable bonds is 5. The van der Waals surface area contributed by atoms with Crippen molar-refractivity contribution in [1.82, 2.24) is 4.72 Å². The number of benzene rings is 3. The van der Waals surface area contributed by atoms with Crippen LogP contribution in [0.25, 0.3) is 10.8 Å². The zero-order valence-corrected chi connectivity index (χ0v) is 14.2. The molecule has 0 heterocycles. The van der Waals surface area contributed by atoms with Crippen molar-refractivity contribution >= 4 is 26.5 Å². The molecule has 0 unspecified atom stereocenters. The van der Waals surface area contributed by atoms with Gasteiger partial charge in [-0.05, 0) is 35.4 Å². The average molecular weight is 356 g/mol. The molecule has 3 rings (SSSR count). The Bertz CT molecular complexity index is 1030. The average Bonchev–Trinajstić information content (AvgIpc) is 2.61. The van der Waals surface area contributed by atoms with E-state index in [2.05, 4.69) is 4.72 Å². The topological polar surface area (TPSA) is 89.3 Å². The van der Waals surface area contributed by atoms with Crippen LogP contribution in [0.1, 0.15) is 18.5 Å². The van der Waals surface area contributed by atoms with Gasteiger partial charge in [-0.15, -0.1) is 0 Å². The Hall–Kier alpha value is -2.77. The molecule has 1 atom stereocenters. The normalized spacial score (nSPS) is 12.8. The first kappa shape index (κ1) is 17.1. The van der Waals surface area contributed by atoms with Crippen molar-refractivity contribution in [2.45, 2.75) is 17.9 Å². The van der Waals surface area contributed by atoms with Crippen LogP contribution < -0.4 is 4.72 Å². The minimum absolute atomic E-state index is 0.00909. The fraction of sp³-hybridized carbons (Fsp3) is 0.111. The minimum Gasteiger partial charge on any atom is -0.258 e. The molecule has 7 heteroatoms. The number of nitro groups is 1. The van der Waals surface area contributed by atoms with E-state index in [1.54, 1.807) is 6.92 Å². The van der Waals surface area contributed by atoms with Crippen LogP contribution in [0, 0.1) is 10.1 Å². The molecule has 3 aromatic carbocycles. The molecule has 0 amide bonds. The molecule has 0 radical (unpaired) electrons. The Balaban J connectivity index is 1.90. The molecule has 128 valence electrons. The second-order valence-electron chi connectivity index (χ2n) is 5.66. The predicted molar refractivity (Wildman–Crippen MR) is 95.8 cm³/mol. The van der Waals surface area contributed by atoms with Gasteiger partial charge in [0.05, 0.1) is 9.82 Å². The number of non-ortho nitro benzene ring substituents is 1. The lowest BCUT2D eigenvalue weighted by molar-refractivity contribution is -0.384. The van der Waals surface area contributed by atoms with E-state index in [0.29, 0.717) is 0 Å². The lowest BCUT2D eigenvalue weighted by Gasteiger charge is -2.17. The maximum atomic E-state index is 12.6. The van der Waals surface area contributed by atoms with Gasteiger partial charge in [-0.1, -0.05) is 42.5 Å². The summed E-state index contributed by atoms with van der Waals surface area (Å²) in [6.45, 7) is 1.77. The summed E-state index contributed by atoms with van der Waals surface area (Å²) in [5, 5.41) is 12.7. The van der Waals surface area contributed by atoms with Crippen LogP contribution in [0.15, 0.2) is 71.6 Å². The molecule has 0 aliphatic rings. The zero-order chi connectivity index (χ0) is 18.0. The molecule has 0 bridgehead atoms. The lowest BCUT2D eigenvalue weighted by Crippen LogP contribution is -2.27. The van der Waals surface area contributed by atoms with Crippen LogP contribution in [0.4, 0.5) is 5.69 Å². The summed E-state index contributed by atoms with van der Waals surface area (Å²) >= 11 is 0. The molecule has 0 aromatic heterocycles. The highest BCUT2D eigenvalue weighted by Crippen LogP contribution is 2.25. The highest BCUT2D eigenvalue weighted by Gasteiger charge is 2.20. The minimum atomic E-state index is -3.79. The summed E-state index contributed by atoms with van der Waals surface area (Å²) in [5.74, 6) is 0. The molecule has 0 saturated carbocycles. The smallest absolute Gasteiger partial charge is 0.258 e. The van der Waals surface area contributed by atoms with Gasteiger partial charge < -0.3 is 0 Å².